The molecular weight excluding hydrogens is 318 g/mol. The maximum atomic E-state index is 12.2. The molecule has 2 amide bonds. The summed E-state index contributed by atoms with van der Waals surface area (Å²) in [6.45, 7) is 0.0332. The van der Waals surface area contributed by atoms with E-state index in [0.29, 0.717) is 17.9 Å². The Kier molecular flexibility index (Phi) is 6.32. The number of hydrogen-bond acceptors (Lipinski definition) is 4. The van der Waals surface area contributed by atoms with E-state index in [0.717, 1.165) is 5.56 Å². The fourth-order valence-electron chi connectivity index (χ4n) is 2.06. The lowest BCUT2D eigenvalue weighted by molar-refractivity contribution is -0.120. The smallest absolute Gasteiger partial charge is 0.262 e. The number of benzene rings is 2. The summed E-state index contributed by atoms with van der Waals surface area (Å²) in [5, 5.41) is 12.0. The number of para-hydroxylation sites is 1. The Morgan fingerprint density at radius 1 is 1.12 bits per heavy atom. The third kappa shape index (κ3) is 5.52. The molecule has 6 heteroatoms. The molecule has 0 saturated heterocycles. The molecule has 3 N–H and O–H groups in total. The first-order valence-electron chi connectivity index (χ1n) is 7.54. The lowest BCUT2D eigenvalue weighted by Crippen LogP contribution is -2.24. The molecule has 25 heavy (non-hydrogen) atoms. The zero-order chi connectivity index (χ0) is 18.1. The van der Waals surface area contributed by atoms with Crippen molar-refractivity contribution in [2.45, 2.75) is 6.54 Å². The number of nitrogens with zero attached hydrogens (tertiary/aromatic N) is 1. The molecule has 0 bridgehead atoms. The number of primary amides is 1. The van der Waals surface area contributed by atoms with Gasteiger partial charge in [-0.3, -0.25) is 9.59 Å². The number of rotatable bonds is 7. The maximum absolute atomic E-state index is 12.2. The van der Waals surface area contributed by atoms with Crippen molar-refractivity contribution >= 4 is 17.9 Å². The Labute approximate surface area is 145 Å². The summed E-state index contributed by atoms with van der Waals surface area (Å²) in [5.41, 5.74) is 6.44. The van der Waals surface area contributed by atoms with Crippen molar-refractivity contribution in [1.82, 2.24) is 5.32 Å². The highest BCUT2D eigenvalue weighted by atomic mass is 16.5. The molecule has 0 aliphatic heterocycles. The molecule has 0 aromatic heterocycles. The third-order valence-electron chi connectivity index (χ3n) is 3.25. The minimum atomic E-state index is -0.611. The highest BCUT2D eigenvalue weighted by Gasteiger charge is 2.11. The topological polar surface area (TPSA) is 105 Å². The SMILES string of the molecule is N#C/C(=C\c1ccccc1OCC(N)=O)C(=O)NCc1ccccc1. The van der Waals surface area contributed by atoms with Gasteiger partial charge in [-0.15, -0.1) is 0 Å². The highest BCUT2D eigenvalue weighted by Crippen LogP contribution is 2.21. The fourth-order valence-corrected chi connectivity index (χ4v) is 2.06. The Morgan fingerprint density at radius 3 is 2.48 bits per heavy atom. The van der Waals surface area contributed by atoms with Crippen LogP contribution in [-0.4, -0.2) is 18.4 Å². The van der Waals surface area contributed by atoms with E-state index >= 15 is 0 Å². The van der Waals surface area contributed by atoms with Crippen molar-refractivity contribution in [3.05, 3.63) is 71.3 Å². The maximum Gasteiger partial charge on any atom is 0.262 e. The van der Waals surface area contributed by atoms with E-state index in [4.69, 9.17) is 10.5 Å². The van der Waals surface area contributed by atoms with E-state index in [-0.39, 0.29) is 12.2 Å². The number of carbonyl (C=O) groups is 2. The van der Waals surface area contributed by atoms with E-state index < -0.39 is 11.8 Å². The second-order valence-corrected chi connectivity index (χ2v) is 5.13. The monoisotopic (exact) mass is 335 g/mol. The molecule has 0 spiro atoms. The van der Waals surface area contributed by atoms with Gasteiger partial charge in [-0.2, -0.15) is 5.26 Å². The molecule has 0 fully saturated rings. The zero-order valence-electron chi connectivity index (χ0n) is 13.4. The summed E-state index contributed by atoms with van der Waals surface area (Å²) in [6.07, 6.45) is 1.41. The van der Waals surface area contributed by atoms with Crippen LogP contribution in [0.3, 0.4) is 0 Å². The highest BCUT2D eigenvalue weighted by molar-refractivity contribution is 6.01. The number of nitrogens with two attached hydrogens (primary N) is 1. The number of carbonyl (C=O) groups excluding carboxylic acids is 2. The average molecular weight is 335 g/mol. The van der Waals surface area contributed by atoms with Gasteiger partial charge in [-0.05, 0) is 17.7 Å². The lowest BCUT2D eigenvalue weighted by atomic mass is 10.1. The predicted molar refractivity (Wildman–Crippen MR) is 93.0 cm³/mol. The standard InChI is InChI=1S/C19H17N3O3/c20-11-16(19(24)22-12-14-6-2-1-3-7-14)10-15-8-4-5-9-17(15)25-13-18(21)23/h1-10H,12-13H2,(H2,21,23)(H,22,24)/b16-10+. The quantitative estimate of drug-likeness (QED) is 0.594. The van der Waals surface area contributed by atoms with Gasteiger partial charge >= 0.3 is 0 Å². The fraction of sp³-hybridized carbons (Fsp3) is 0.105. The van der Waals surface area contributed by atoms with Crippen molar-refractivity contribution in [3.8, 4) is 11.8 Å². The van der Waals surface area contributed by atoms with Gasteiger partial charge in [0.05, 0.1) is 0 Å². The molecule has 0 unspecified atom stereocenters. The molecule has 2 aromatic rings. The van der Waals surface area contributed by atoms with Crippen molar-refractivity contribution in [3.63, 3.8) is 0 Å². The predicted octanol–water partition coefficient (Wildman–Crippen LogP) is 1.77. The third-order valence-corrected chi connectivity index (χ3v) is 3.25. The van der Waals surface area contributed by atoms with Gasteiger partial charge in [0, 0.05) is 12.1 Å². The molecule has 0 saturated carbocycles. The van der Waals surface area contributed by atoms with Crippen LogP contribution in [-0.2, 0) is 16.1 Å². The Morgan fingerprint density at radius 2 is 1.80 bits per heavy atom. The number of amides is 2. The number of hydrogen-bond donors (Lipinski definition) is 2. The summed E-state index contributed by atoms with van der Waals surface area (Å²) < 4.78 is 5.29. The number of ether oxygens (including phenoxy) is 1. The summed E-state index contributed by atoms with van der Waals surface area (Å²) in [5.74, 6) is -0.735. The van der Waals surface area contributed by atoms with Crippen LogP contribution in [0.2, 0.25) is 0 Å². The summed E-state index contributed by atoms with van der Waals surface area (Å²) >= 11 is 0. The van der Waals surface area contributed by atoms with Gasteiger partial charge in [-0.25, -0.2) is 0 Å². The second-order valence-electron chi connectivity index (χ2n) is 5.13. The van der Waals surface area contributed by atoms with Crippen LogP contribution < -0.4 is 15.8 Å². The molecule has 0 aliphatic rings. The molecule has 126 valence electrons. The Hall–Kier alpha value is -3.59. The van der Waals surface area contributed by atoms with Gasteiger partial charge in [0.1, 0.15) is 17.4 Å². The summed E-state index contributed by atoms with van der Waals surface area (Å²) in [6, 6.07) is 18.0. The normalized spacial score (nSPS) is 10.6. The van der Waals surface area contributed by atoms with E-state index in [2.05, 4.69) is 5.32 Å². The first kappa shape index (κ1) is 17.8. The van der Waals surface area contributed by atoms with Crippen LogP contribution in [0.5, 0.6) is 5.75 Å². The van der Waals surface area contributed by atoms with Crippen LogP contribution in [0.15, 0.2) is 60.2 Å². The van der Waals surface area contributed by atoms with Gasteiger partial charge in [0.2, 0.25) is 0 Å². The molecule has 0 heterocycles. The number of nitriles is 1. The van der Waals surface area contributed by atoms with Crippen LogP contribution in [0.25, 0.3) is 6.08 Å². The molecule has 2 aromatic carbocycles. The van der Waals surface area contributed by atoms with Crippen molar-refractivity contribution in [2.24, 2.45) is 5.73 Å². The average Bonchev–Trinajstić information content (AvgIpc) is 2.64. The minimum Gasteiger partial charge on any atom is -0.483 e. The Bertz CT molecular complexity index is 823. The second kappa shape index (κ2) is 8.89. The van der Waals surface area contributed by atoms with Gasteiger partial charge in [0.15, 0.2) is 6.61 Å². The van der Waals surface area contributed by atoms with E-state index in [1.807, 2.05) is 36.4 Å². The van der Waals surface area contributed by atoms with Gasteiger partial charge in [-0.1, -0.05) is 48.5 Å². The molecule has 0 aliphatic carbocycles. The molecular formula is C19H17N3O3. The first-order chi connectivity index (χ1) is 12.1. The van der Waals surface area contributed by atoms with Crippen molar-refractivity contribution < 1.29 is 14.3 Å². The Balaban J connectivity index is 2.12. The molecule has 0 radical (unpaired) electrons. The van der Waals surface area contributed by atoms with Crippen LogP contribution in [0.1, 0.15) is 11.1 Å². The molecule has 6 nitrogen and oxygen atoms in total. The van der Waals surface area contributed by atoms with E-state index in [1.54, 1.807) is 24.3 Å². The largest absolute Gasteiger partial charge is 0.483 e. The minimum absolute atomic E-state index is 0.0638. The lowest BCUT2D eigenvalue weighted by Gasteiger charge is -2.08. The summed E-state index contributed by atoms with van der Waals surface area (Å²) in [4.78, 5) is 23.1. The van der Waals surface area contributed by atoms with Crippen LogP contribution in [0, 0.1) is 11.3 Å². The summed E-state index contributed by atoms with van der Waals surface area (Å²) in [7, 11) is 0. The van der Waals surface area contributed by atoms with Crippen LogP contribution >= 0.6 is 0 Å². The van der Waals surface area contributed by atoms with Crippen molar-refractivity contribution in [1.29, 1.82) is 5.26 Å². The molecule has 2 rings (SSSR count). The van der Waals surface area contributed by atoms with E-state index in [9.17, 15) is 14.9 Å². The number of nitrogens with one attached hydrogen (secondary N) is 1. The van der Waals surface area contributed by atoms with Gasteiger partial charge in [0.25, 0.3) is 11.8 Å². The first-order valence-corrected chi connectivity index (χ1v) is 7.54. The zero-order valence-corrected chi connectivity index (χ0v) is 13.4. The van der Waals surface area contributed by atoms with E-state index in [1.165, 1.54) is 6.08 Å². The molecule has 0 atom stereocenters. The van der Waals surface area contributed by atoms with Crippen LogP contribution in [0.4, 0.5) is 0 Å². The van der Waals surface area contributed by atoms with Crippen molar-refractivity contribution in [2.75, 3.05) is 6.61 Å². The van der Waals surface area contributed by atoms with Gasteiger partial charge < -0.3 is 15.8 Å².